The van der Waals surface area contributed by atoms with Gasteiger partial charge in [-0.1, -0.05) is 44.0 Å². The Balaban J connectivity index is 2.37. The maximum Gasteiger partial charge on any atom is 0.182 e. The van der Waals surface area contributed by atoms with Crippen LogP contribution in [0, 0.1) is 11.8 Å². The van der Waals surface area contributed by atoms with E-state index in [9.17, 15) is 0 Å². The van der Waals surface area contributed by atoms with Gasteiger partial charge in [-0.3, -0.25) is 0 Å². The molecular formula is C13H17Cl2N5. The number of halogens is 2. The van der Waals surface area contributed by atoms with Gasteiger partial charge in [0.25, 0.3) is 0 Å². The van der Waals surface area contributed by atoms with Crippen molar-refractivity contribution in [3.05, 3.63) is 22.2 Å². The molecule has 0 bridgehead atoms. The van der Waals surface area contributed by atoms with Gasteiger partial charge in [0.1, 0.15) is 0 Å². The van der Waals surface area contributed by atoms with Crippen LogP contribution in [0.1, 0.15) is 20.8 Å². The molecule has 0 radical (unpaired) electrons. The summed E-state index contributed by atoms with van der Waals surface area (Å²) in [6.45, 7) is 7.25. The fourth-order valence-corrected chi connectivity index (χ4v) is 2.09. The second-order valence-corrected chi connectivity index (χ2v) is 6.05. The lowest BCUT2D eigenvalue weighted by molar-refractivity contribution is 0.347. The molecule has 0 amide bonds. The highest BCUT2D eigenvalue weighted by Crippen LogP contribution is 2.33. The molecule has 1 heterocycles. The summed E-state index contributed by atoms with van der Waals surface area (Å²) in [7, 11) is 0. The number of hydrogen-bond acceptors (Lipinski definition) is 4. The lowest BCUT2D eigenvalue weighted by atomic mass is 9.98. The summed E-state index contributed by atoms with van der Waals surface area (Å²) >= 11 is 12.0. The Hall–Kier alpha value is -1.33. The molecule has 1 aromatic heterocycles. The first kappa shape index (κ1) is 15.1. The fraction of sp³-hybridized carbons (Fsp3) is 0.462. The Kier molecular flexibility index (Phi) is 4.50. The molecular weight excluding hydrogens is 297 g/mol. The number of nitrogen functional groups attached to an aromatic ring is 1. The summed E-state index contributed by atoms with van der Waals surface area (Å²) < 4.78 is 1.77. The smallest absolute Gasteiger partial charge is 0.182 e. The van der Waals surface area contributed by atoms with Crippen molar-refractivity contribution in [2.24, 2.45) is 11.8 Å². The number of nitrogens with zero attached hydrogens (tertiary/aromatic N) is 4. The maximum atomic E-state index is 6.05. The number of anilines is 1. The third-order valence-electron chi connectivity index (χ3n) is 3.45. The molecule has 108 valence electrons. The van der Waals surface area contributed by atoms with Gasteiger partial charge in [0, 0.05) is 12.1 Å². The number of hydrogen-bond donors (Lipinski definition) is 1. The number of nitrogens with two attached hydrogens (primary N) is 1. The van der Waals surface area contributed by atoms with E-state index in [1.54, 1.807) is 16.8 Å². The molecule has 0 aliphatic carbocycles. The predicted molar refractivity (Wildman–Crippen MR) is 81.7 cm³/mol. The second-order valence-electron chi connectivity index (χ2n) is 5.27. The minimum atomic E-state index is 0.352. The van der Waals surface area contributed by atoms with Crippen molar-refractivity contribution in [3.63, 3.8) is 0 Å². The fourth-order valence-electron chi connectivity index (χ4n) is 1.76. The molecule has 5 nitrogen and oxygen atoms in total. The highest BCUT2D eigenvalue weighted by atomic mass is 35.5. The highest BCUT2D eigenvalue weighted by molar-refractivity contribution is 6.43. The largest absolute Gasteiger partial charge is 0.397 e. The molecule has 1 unspecified atom stereocenters. The van der Waals surface area contributed by atoms with Crippen LogP contribution in [0.5, 0.6) is 0 Å². The van der Waals surface area contributed by atoms with Gasteiger partial charge in [0.2, 0.25) is 0 Å². The van der Waals surface area contributed by atoms with Crippen LogP contribution >= 0.6 is 23.2 Å². The van der Waals surface area contributed by atoms with Crippen LogP contribution in [0.15, 0.2) is 12.1 Å². The van der Waals surface area contributed by atoms with Crippen LogP contribution in [-0.4, -0.2) is 20.2 Å². The zero-order chi connectivity index (χ0) is 14.9. The summed E-state index contributed by atoms with van der Waals surface area (Å²) in [5.74, 6) is 1.64. The summed E-state index contributed by atoms with van der Waals surface area (Å²) in [5.41, 5.74) is 7.01. The van der Waals surface area contributed by atoms with Gasteiger partial charge in [0.15, 0.2) is 5.82 Å². The topological polar surface area (TPSA) is 69.6 Å². The van der Waals surface area contributed by atoms with Gasteiger partial charge < -0.3 is 5.73 Å². The zero-order valence-electron chi connectivity index (χ0n) is 11.6. The van der Waals surface area contributed by atoms with Crippen molar-refractivity contribution in [2.75, 3.05) is 5.73 Å². The van der Waals surface area contributed by atoms with E-state index in [1.807, 2.05) is 0 Å². The highest BCUT2D eigenvalue weighted by Gasteiger charge is 2.16. The summed E-state index contributed by atoms with van der Waals surface area (Å²) in [6.07, 6.45) is 0. The third-order valence-corrected chi connectivity index (χ3v) is 4.26. The zero-order valence-corrected chi connectivity index (χ0v) is 13.2. The third kappa shape index (κ3) is 3.04. The van der Waals surface area contributed by atoms with Crippen LogP contribution in [-0.2, 0) is 6.54 Å². The molecule has 20 heavy (non-hydrogen) atoms. The van der Waals surface area contributed by atoms with E-state index >= 15 is 0 Å². The number of tetrazole rings is 1. The lowest BCUT2D eigenvalue weighted by Gasteiger charge is -2.16. The van der Waals surface area contributed by atoms with E-state index in [0.717, 1.165) is 12.1 Å². The average Bonchev–Trinajstić information content (AvgIpc) is 2.83. The van der Waals surface area contributed by atoms with Crippen LogP contribution in [0.4, 0.5) is 5.69 Å². The SMILES string of the molecule is CC(C)C(C)Cn1nnnc1-c1cc(N)c(Cl)c(Cl)c1. The number of benzene rings is 1. The van der Waals surface area contributed by atoms with Gasteiger partial charge in [-0.25, -0.2) is 4.68 Å². The predicted octanol–water partition coefficient (Wildman–Crippen LogP) is 3.52. The molecule has 0 aliphatic rings. The van der Waals surface area contributed by atoms with Crippen molar-refractivity contribution in [1.82, 2.24) is 20.2 Å². The van der Waals surface area contributed by atoms with Crippen molar-refractivity contribution >= 4 is 28.9 Å². The number of aromatic nitrogens is 4. The quantitative estimate of drug-likeness (QED) is 0.877. The van der Waals surface area contributed by atoms with Crippen LogP contribution in [0.2, 0.25) is 10.0 Å². The molecule has 0 saturated carbocycles. The summed E-state index contributed by atoms with van der Waals surface area (Å²) in [4.78, 5) is 0. The monoisotopic (exact) mass is 313 g/mol. The first-order valence-corrected chi connectivity index (χ1v) is 7.16. The standard InChI is InChI=1S/C13H17Cl2N5/c1-7(2)8(3)6-20-13(17-18-19-20)9-4-10(14)12(15)11(16)5-9/h4-5,7-8H,6,16H2,1-3H3. The molecule has 2 rings (SSSR count). The minimum Gasteiger partial charge on any atom is -0.397 e. The Bertz CT molecular complexity index is 586. The Morgan fingerprint density at radius 2 is 1.95 bits per heavy atom. The van der Waals surface area contributed by atoms with E-state index in [2.05, 4.69) is 36.3 Å². The van der Waals surface area contributed by atoms with E-state index in [-0.39, 0.29) is 0 Å². The van der Waals surface area contributed by atoms with E-state index < -0.39 is 0 Å². The van der Waals surface area contributed by atoms with Gasteiger partial charge in [-0.05, 0) is 34.4 Å². The van der Waals surface area contributed by atoms with Crippen LogP contribution in [0.3, 0.4) is 0 Å². The van der Waals surface area contributed by atoms with Crippen LogP contribution < -0.4 is 5.73 Å². The molecule has 1 atom stereocenters. The van der Waals surface area contributed by atoms with E-state index in [1.165, 1.54) is 0 Å². The lowest BCUT2D eigenvalue weighted by Crippen LogP contribution is -2.15. The van der Waals surface area contributed by atoms with E-state index in [4.69, 9.17) is 28.9 Å². The van der Waals surface area contributed by atoms with Crippen LogP contribution in [0.25, 0.3) is 11.4 Å². The molecule has 1 aromatic carbocycles. The Morgan fingerprint density at radius 3 is 2.55 bits per heavy atom. The van der Waals surface area contributed by atoms with Crippen molar-refractivity contribution in [1.29, 1.82) is 0 Å². The van der Waals surface area contributed by atoms with Crippen molar-refractivity contribution < 1.29 is 0 Å². The van der Waals surface area contributed by atoms with Gasteiger partial charge >= 0.3 is 0 Å². The molecule has 2 N–H and O–H groups in total. The molecule has 2 aromatic rings. The first-order valence-electron chi connectivity index (χ1n) is 6.41. The molecule has 0 fully saturated rings. The van der Waals surface area contributed by atoms with Crippen molar-refractivity contribution in [2.45, 2.75) is 27.3 Å². The van der Waals surface area contributed by atoms with Gasteiger partial charge in [-0.2, -0.15) is 0 Å². The molecule has 0 spiro atoms. The van der Waals surface area contributed by atoms with Gasteiger partial charge in [0.05, 0.1) is 15.7 Å². The second kappa shape index (κ2) is 5.97. The Labute approximate surface area is 128 Å². The van der Waals surface area contributed by atoms with Gasteiger partial charge in [-0.15, -0.1) is 5.10 Å². The maximum absolute atomic E-state index is 6.05. The average molecular weight is 314 g/mol. The number of rotatable bonds is 4. The summed E-state index contributed by atoms with van der Waals surface area (Å²) in [6, 6.07) is 3.46. The molecule has 0 aliphatic heterocycles. The minimum absolute atomic E-state index is 0.352. The summed E-state index contributed by atoms with van der Waals surface area (Å²) in [5, 5.41) is 12.6. The normalized spacial score (nSPS) is 12.9. The van der Waals surface area contributed by atoms with Crippen molar-refractivity contribution in [3.8, 4) is 11.4 Å². The molecule has 7 heteroatoms. The Morgan fingerprint density at radius 1 is 1.25 bits per heavy atom. The first-order chi connectivity index (χ1) is 9.40. The molecule has 0 saturated heterocycles. The van der Waals surface area contributed by atoms with E-state index in [0.29, 0.717) is 33.4 Å².